The van der Waals surface area contributed by atoms with Crippen LogP contribution in [0, 0.1) is 17.2 Å². The number of benzene rings is 1. The highest BCUT2D eigenvalue weighted by molar-refractivity contribution is 6.41. The lowest BCUT2D eigenvalue weighted by Crippen LogP contribution is -2.47. The lowest BCUT2D eigenvalue weighted by atomic mass is 9.79. The Kier molecular flexibility index (Phi) is 12.5. The minimum atomic E-state index is -1.61. The lowest BCUT2D eigenvalue weighted by molar-refractivity contribution is -0.128. The molecule has 1 rings (SSSR count). The summed E-state index contributed by atoms with van der Waals surface area (Å²) in [4.78, 5) is 36.5. The van der Waals surface area contributed by atoms with Gasteiger partial charge in [0.25, 0.3) is 5.91 Å². The van der Waals surface area contributed by atoms with E-state index in [1.54, 1.807) is 30.3 Å². The summed E-state index contributed by atoms with van der Waals surface area (Å²) < 4.78 is 0. The van der Waals surface area contributed by atoms with Gasteiger partial charge in [0.15, 0.2) is 0 Å². The predicted molar refractivity (Wildman–Crippen MR) is 125 cm³/mol. The first kappa shape index (κ1) is 27.9. The number of nitrogens with one attached hydrogen (secondary N) is 3. The van der Waals surface area contributed by atoms with E-state index in [9.17, 15) is 24.4 Å². The van der Waals surface area contributed by atoms with Crippen molar-refractivity contribution in [2.75, 3.05) is 6.54 Å². The molecule has 3 amide bonds. The van der Waals surface area contributed by atoms with Gasteiger partial charge in [-0.05, 0) is 30.7 Å². The zero-order valence-electron chi connectivity index (χ0n) is 19.4. The van der Waals surface area contributed by atoms with Crippen molar-refractivity contribution in [2.24, 2.45) is 5.92 Å². The van der Waals surface area contributed by atoms with Crippen molar-refractivity contribution in [3.63, 3.8) is 0 Å². The van der Waals surface area contributed by atoms with Crippen LogP contribution in [0.15, 0.2) is 42.0 Å². The molecule has 0 aliphatic heterocycles. The van der Waals surface area contributed by atoms with Crippen LogP contribution >= 0.6 is 0 Å². The Hall–Kier alpha value is -3.16. The van der Waals surface area contributed by atoms with Gasteiger partial charge in [0.05, 0.1) is 6.04 Å². The van der Waals surface area contributed by atoms with Gasteiger partial charge in [0, 0.05) is 19.8 Å². The van der Waals surface area contributed by atoms with Crippen molar-refractivity contribution in [1.82, 2.24) is 16.0 Å². The maximum atomic E-state index is 12.8. The van der Waals surface area contributed by atoms with Gasteiger partial charge < -0.3 is 26.0 Å². The Morgan fingerprint density at radius 1 is 1.12 bits per heavy atom. The SMILES string of the molecule is CC(=O)N[C@@H](CCCCNC(=O)C(C#N)=CC(C)C)C(=O)N[C@H](CB(O)O)c1ccccc1. The van der Waals surface area contributed by atoms with E-state index in [4.69, 9.17) is 5.26 Å². The van der Waals surface area contributed by atoms with Gasteiger partial charge in [-0.2, -0.15) is 5.26 Å². The number of unbranched alkanes of at least 4 members (excludes halogenated alkanes) is 1. The number of carbonyl (C=O) groups is 3. The Morgan fingerprint density at radius 3 is 2.33 bits per heavy atom. The fraction of sp³-hybridized carbons (Fsp3) is 0.478. The summed E-state index contributed by atoms with van der Waals surface area (Å²) >= 11 is 0. The smallest absolute Gasteiger partial charge is 0.427 e. The normalized spacial score (nSPS) is 12.9. The molecule has 33 heavy (non-hydrogen) atoms. The van der Waals surface area contributed by atoms with E-state index < -0.39 is 31.0 Å². The molecule has 0 spiro atoms. The third-order valence-corrected chi connectivity index (χ3v) is 4.73. The third-order valence-electron chi connectivity index (χ3n) is 4.73. The van der Waals surface area contributed by atoms with E-state index in [1.807, 2.05) is 26.0 Å². The Balaban J connectivity index is 2.66. The molecule has 2 atom stereocenters. The number of hydrogen-bond donors (Lipinski definition) is 5. The van der Waals surface area contributed by atoms with E-state index in [2.05, 4.69) is 16.0 Å². The predicted octanol–water partition coefficient (Wildman–Crippen LogP) is 1.21. The van der Waals surface area contributed by atoms with Crippen molar-refractivity contribution in [1.29, 1.82) is 5.26 Å². The molecule has 0 fully saturated rings. The van der Waals surface area contributed by atoms with Crippen LogP contribution in [-0.4, -0.2) is 47.5 Å². The first-order valence-corrected chi connectivity index (χ1v) is 11.0. The van der Waals surface area contributed by atoms with Crippen LogP contribution in [0.3, 0.4) is 0 Å². The zero-order chi connectivity index (χ0) is 24.8. The average molecular weight is 456 g/mol. The van der Waals surface area contributed by atoms with Crippen LogP contribution in [0.4, 0.5) is 0 Å². The molecule has 0 aromatic heterocycles. The van der Waals surface area contributed by atoms with E-state index in [1.165, 1.54) is 6.92 Å². The lowest BCUT2D eigenvalue weighted by Gasteiger charge is -2.23. The van der Waals surface area contributed by atoms with Crippen LogP contribution in [-0.2, 0) is 14.4 Å². The summed E-state index contributed by atoms with van der Waals surface area (Å²) in [6.45, 7) is 5.40. The van der Waals surface area contributed by atoms with Gasteiger partial charge in [0.2, 0.25) is 11.8 Å². The van der Waals surface area contributed by atoms with Crippen molar-refractivity contribution < 1.29 is 24.4 Å². The third kappa shape index (κ3) is 11.3. The summed E-state index contributed by atoms with van der Waals surface area (Å²) in [7, 11) is -1.61. The average Bonchev–Trinajstić information content (AvgIpc) is 2.75. The Bertz CT molecular complexity index is 852. The minimum Gasteiger partial charge on any atom is -0.427 e. The van der Waals surface area contributed by atoms with Crippen molar-refractivity contribution in [2.45, 2.75) is 58.4 Å². The molecule has 0 saturated heterocycles. The molecule has 10 heteroatoms. The second-order valence-electron chi connectivity index (χ2n) is 8.13. The molecular formula is C23H33BN4O5. The molecule has 9 nitrogen and oxygen atoms in total. The molecule has 0 aliphatic rings. The molecule has 0 aliphatic carbocycles. The monoisotopic (exact) mass is 456 g/mol. The Morgan fingerprint density at radius 2 is 1.79 bits per heavy atom. The van der Waals surface area contributed by atoms with Crippen LogP contribution in [0.25, 0.3) is 0 Å². The highest BCUT2D eigenvalue weighted by Gasteiger charge is 2.25. The van der Waals surface area contributed by atoms with Crippen molar-refractivity contribution >= 4 is 24.8 Å². The summed E-state index contributed by atoms with van der Waals surface area (Å²) in [5.74, 6) is -1.15. The molecule has 0 saturated carbocycles. The van der Waals surface area contributed by atoms with E-state index in [0.717, 1.165) is 0 Å². The van der Waals surface area contributed by atoms with Crippen molar-refractivity contribution in [3.05, 3.63) is 47.5 Å². The van der Waals surface area contributed by atoms with Crippen LogP contribution < -0.4 is 16.0 Å². The molecule has 0 heterocycles. The van der Waals surface area contributed by atoms with Gasteiger partial charge >= 0.3 is 7.12 Å². The molecule has 0 unspecified atom stereocenters. The van der Waals surface area contributed by atoms with Gasteiger partial charge in [-0.25, -0.2) is 0 Å². The fourth-order valence-electron chi connectivity index (χ4n) is 3.23. The second kappa shape index (κ2) is 14.8. The standard InChI is InChI=1S/C23H33BN4O5/c1-16(2)13-19(15-25)22(30)26-12-8-7-11-20(27-17(3)29)23(31)28-21(14-24(32)33)18-9-5-4-6-10-18/h4-6,9-10,13,16,20-21,32-33H,7-8,11-12,14H2,1-3H3,(H,26,30)(H,27,29)(H,28,31)/t20-,21+/m0/s1. The van der Waals surface area contributed by atoms with Gasteiger partial charge in [-0.15, -0.1) is 0 Å². The highest BCUT2D eigenvalue weighted by Crippen LogP contribution is 2.18. The highest BCUT2D eigenvalue weighted by atomic mass is 16.4. The quantitative estimate of drug-likeness (QED) is 0.130. The first-order valence-electron chi connectivity index (χ1n) is 11.0. The van der Waals surface area contributed by atoms with Gasteiger partial charge in [-0.3, -0.25) is 14.4 Å². The summed E-state index contributed by atoms with van der Waals surface area (Å²) in [5, 5.41) is 36.0. The zero-order valence-corrected chi connectivity index (χ0v) is 19.4. The molecule has 1 aromatic carbocycles. The molecule has 5 N–H and O–H groups in total. The van der Waals surface area contributed by atoms with Crippen LogP contribution in [0.2, 0.25) is 6.32 Å². The number of carbonyl (C=O) groups excluding carboxylic acids is 3. The number of nitrogens with zero attached hydrogens (tertiary/aromatic N) is 1. The molecule has 0 radical (unpaired) electrons. The fourth-order valence-corrected chi connectivity index (χ4v) is 3.23. The Labute approximate surface area is 195 Å². The van der Waals surface area contributed by atoms with E-state index >= 15 is 0 Å². The first-order chi connectivity index (χ1) is 15.6. The van der Waals surface area contributed by atoms with Crippen molar-refractivity contribution in [3.8, 4) is 6.07 Å². The molecular weight excluding hydrogens is 423 g/mol. The number of nitriles is 1. The van der Waals surface area contributed by atoms with E-state index in [-0.39, 0.29) is 23.7 Å². The number of hydrogen-bond acceptors (Lipinski definition) is 6. The summed E-state index contributed by atoms with van der Waals surface area (Å²) in [6, 6.07) is 9.37. The van der Waals surface area contributed by atoms with Gasteiger partial charge in [0.1, 0.15) is 17.7 Å². The minimum absolute atomic E-state index is 0.0681. The maximum Gasteiger partial charge on any atom is 0.453 e. The van der Waals surface area contributed by atoms with Crippen LogP contribution in [0.5, 0.6) is 0 Å². The largest absolute Gasteiger partial charge is 0.453 e. The summed E-state index contributed by atoms with van der Waals surface area (Å²) in [6.07, 6.45) is 2.91. The maximum absolute atomic E-state index is 12.8. The summed E-state index contributed by atoms with van der Waals surface area (Å²) in [5.41, 5.74) is 0.782. The number of rotatable bonds is 13. The molecule has 1 aromatic rings. The molecule has 178 valence electrons. The number of allylic oxidation sites excluding steroid dienone is 1. The number of amides is 3. The second-order valence-corrected chi connectivity index (χ2v) is 8.13. The van der Waals surface area contributed by atoms with Crippen LogP contribution in [0.1, 0.15) is 51.6 Å². The van der Waals surface area contributed by atoms with Gasteiger partial charge in [-0.1, -0.05) is 50.3 Å². The van der Waals surface area contributed by atoms with E-state index in [0.29, 0.717) is 31.4 Å². The topological polar surface area (TPSA) is 152 Å². The molecule has 0 bridgehead atoms.